The van der Waals surface area contributed by atoms with E-state index in [0.717, 1.165) is 0 Å². The van der Waals surface area contributed by atoms with Crippen LogP contribution < -0.4 is 15.2 Å². The standard InChI is InChI=1S/C13H17F2NO4/c1-19-10-6-7(9(16)3-4-11(17)18)5-8(13(14)15)12(10)20-2/h5-6,9,13H,3-4,16H2,1-2H3,(H,17,18). The molecule has 1 aromatic carbocycles. The molecule has 0 heterocycles. The average Bonchev–Trinajstić information content (AvgIpc) is 2.42. The molecule has 0 aromatic heterocycles. The highest BCUT2D eigenvalue weighted by Gasteiger charge is 2.21. The lowest BCUT2D eigenvalue weighted by molar-refractivity contribution is -0.137. The van der Waals surface area contributed by atoms with Gasteiger partial charge in [0.05, 0.1) is 19.8 Å². The normalized spacial score (nSPS) is 12.3. The Balaban J connectivity index is 3.14. The van der Waals surface area contributed by atoms with E-state index in [9.17, 15) is 13.6 Å². The summed E-state index contributed by atoms with van der Waals surface area (Å²) in [4.78, 5) is 10.5. The SMILES string of the molecule is COc1cc(C(N)CCC(=O)O)cc(C(F)F)c1OC. The predicted molar refractivity (Wildman–Crippen MR) is 68.3 cm³/mol. The molecule has 20 heavy (non-hydrogen) atoms. The van der Waals surface area contributed by atoms with Crippen LogP contribution in [0.3, 0.4) is 0 Å². The van der Waals surface area contributed by atoms with Crippen molar-refractivity contribution in [3.8, 4) is 11.5 Å². The summed E-state index contributed by atoms with van der Waals surface area (Å²) in [5.74, 6) is -0.891. The summed E-state index contributed by atoms with van der Waals surface area (Å²) in [5.41, 5.74) is 5.88. The van der Waals surface area contributed by atoms with E-state index in [-0.39, 0.29) is 29.9 Å². The van der Waals surface area contributed by atoms with Crippen molar-refractivity contribution in [1.29, 1.82) is 0 Å². The molecule has 5 nitrogen and oxygen atoms in total. The van der Waals surface area contributed by atoms with Gasteiger partial charge in [-0.25, -0.2) is 8.78 Å². The first-order chi connectivity index (χ1) is 9.40. The lowest BCUT2D eigenvalue weighted by Gasteiger charge is -2.17. The Morgan fingerprint density at radius 1 is 1.35 bits per heavy atom. The number of alkyl halides is 2. The van der Waals surface area contributed by atoms with Crippen molar-refractivity contribution in [3.05, 3.63) is 23.3 Å². The van der Waals surface area contributed by atoms with Crippen LogP contribution in [0.1, 0.15) is 36.4 Å². The first kappa shape index (κ1) is 16.2. The highest BCUT2D eigenvalue weighted by Crippen LogP contribution is 2.39. The van der Waals surface area contributed by atoms with Crippen molar-refractivity contribution in [1.82, 2.24) is 0 Å². The van der Waals surface area contributed by atoms with Crippen molar-refractivity contribution in [2.45, 2.75) is 25.3 Å². The van der Waals surface area contributed by atoms with Gasteiger partial charge in [-0.15, -0.1) is 0 Å². The number of aliphatic carboxylic acids is 1. The minimum absolute atomic E-state index is 0.0447. The largest absolute Gasteiger partial charge is 0.493 e. The van der Waals surface area contributed by atoms with E-state index in [1.54, 1.807) is 0 Å². The third-order valence-corrected chi connectivity index (χ3v) is 2.86. The molecular formula is C13H17F2NO4. The molecule has 0 fully saturated rings. The van der Waals surface area contributed by atoms with Gasteiger partial charge in [0.25, 0.3) is 6.43 Å². The Morgan fingerprint density at radius 2 is 2.00 bits per heavy atom. The maximum atomic E-state index is 13.0. The minimum atomic E-state index is -2.74. The summed E-state index contributed by atoms with van der Waals surface area (Å²) in [7, 11) is 2.60. The Morgan fingerprint density at radius 3 is 2.45 bits per heavy atom. The fraction of sp³-hybridized carbons (Fsp3) is 0.462. The number of carboxylic acid groups (broad SMARTS) is 1. The molecular weight excluding hydrogens is 272 g/mol. The molecule has 1 unspecified atom stereocenters. The molecule has 1 aromatic rings. The van der Waals surface area contributed by atoms with Crippen molar-refractivity contribution >= 4 is 5.97 Å². The van der Waals surface area contributed by atoms with Crippen molar-refractivity contribution in [2.75, 3.05) is 14.2 Å². The lowest BCUT2D eigenvalue weighted by atomic mass is 9.99. The minimum Gasteiger partial charge on any atom is -0.493 e. The number of halogens is 2. The Hall–Kier alpha value is -1.89. The van der Waals surface area contributed by atoms with Crippen LogP contribution in [-0.2, 0) is 4.79 Å². The van der Waals surface area contributed by atoms with Gasteiger partial charge in [0, 0.05) is 12.5 Å². The number of hydrogen-bond acceptors (Lipinski definition) is 4. The first-order valence-electron chi connectivity index (χ1n) is 5.92. The third-order valence-electron chi connectivity index (χ3n) is 2.86. The molecule has 3 N–H and O–H groups in total. The summed E-state index contributed by atoms with van der Waals surface area (Å²) in [5, 5.41) is 8.61. The number of methoxy groups -OCH3 is 2. The Bertz CT molecular complexity index is 480. The number of carbonyl (C=O) groups is 1. The molecule has 0 aliphatic rings. The zero-order chi connectivity index (χ0) is 15.3. The van der Waals surface area contributed by atoms with Crippen LogP contribution in [0.2, 0.25) is 0 Å². The van der Waals surface area contributed by atoms with Crippen molar-refractivity contribution in [3.63, 3.8) is 0 Å². The van der Waals surface area contributed by atoms with Crippen LogP contribution in [0.4, 0.5) is 8.78 Å². The van der Waals surface area contributed by atoms with E-state index in [1.807, 2.05) is 0 Å². The molecule has 1 atom stereocenters. The number of ether oxygens (including phenoxy) is 2. The fourth-order valence-electron chi connectivity index (χ4n) is 1.84. The van der Waals surface area contributed by atoms with Crippen LogP contribution >= 0.6 is 0 Å². The van der Waals surface area contributed by atoms with Gasteiger partial charge < -0.3 is 20.3 Å². The molecule has 0 radical (unpaired) electrons. The number of nitrogens with two attached hydrogens (primary N) is 1. The highest BCUT2D eigenvalue weighted by molar-refractivity contribution is 5.66. The van der Waals surface area contributed by atoms with E-state index in [2.05, 4.69) is 0 Å². The second kappa shape index (κ2) is 7.04. The topological polar surface area (TPSA) is 81.8 Å². The molecule has 0 saturated carbocycles. The third kappa shape index (κ3) is 3.80. The molecule has 0 saturated heterocycles. The van der Waals surface area contributed by atoms with Crippen LogP contribution in [0.15, 0.2) is 12.1 Å². The molecule has 0 aliphatic carbocycles. The van der Waals surface area contributed by atoms with Crippen molar-refractivity contribution < 1.29 is 28.2 Å². The van der Waals surface area contributed by atoms with E-state index in [1.165, 1.54) is 26.4 Å². The van der Waals surface area contributed by atoms with E-state index in [4.69, 9.17) is 20.3 Å². The molecule has 0 amide bonds. The van der Waals surface area contributed by atoms with Gasteiger partial charge in [0.1, 0.15) is 0 Å². The fourth-order valence-corrected chi connectivity index (χ4v) is 1.84. The first-order valence-corrected chi connectivity index (χ1v) is 5.92. The van der Waals surface area contributed by atoms with Gasteiger partial charge in [-0.1, -0.05) is 0 Å². The van der Waals surface area contributed by atoms with Crippen LogP contribution in [0, 0.1) is 0 Å². The molecule has 0 aliphatic heterocycles. The van der Waals surface area contributed by atoms with Gasteiger partial charge in [0.2, 0.25) is 0 Å². The Labute approximate surface area is 115 Å². The molecule has 1 rings (SSSR count). The molecule has 0 bridgehead atoms. The maximum absolute atomic E-state index is 13.0. The zero-order valence-corrected chi connectivity index (χ0v) is 11.2. The number of carboxylic acids is 1. The quantitative estimate of drug-likeness (QED) is 0.806. The second-order valence-corrected chi connectivity index (χ2v) is 4.19. The average molecular weight is 289 g/mol. The van der Waals surface area contributed by atoms with Crippen molar-refractivity contribution in [2.24, 2.45) is 5.73 Å². The lowest BCUT2D eigenvalue weighted by Crippen LogP contribution is -2.13. The summed E-state index contributed by atoms with van der Waals surface area (Å²) in [6.07, 6.45) is -2.74. The summed E-state index contributed by atoms with van der Waals surface area (Å²) in [6, 6.07) is 2.04. The number of benzene rings is 1. The van der Waals surface area contributed by atoms with E-state index < -0.39 is 18.4 Å². The molecule has 112 valence electrons. The smallest absolute Gasteiger partial charge is 0.303 e. The zero-order valence-electron chi connectivity index (χ0n) is 11.2. The summed E-state index contributed by atoms with van der Waals surface area (Å²) < 4.78 is 36.0. The summed E-state index contributed by atoms with van der Waals surface area (Å²) in [6.45, 7) is 0. The van der Waals surface area contributed by atoms with Crippen LogP contribution in [0.25, 0.3) is 0 Å². The van der Waals surface area contributed by atoms with Gasteiger partial charge in [-0.05, 0) is 24.1 Å². The Kier molecular flexibility index (Phi) is 5.69. The van der Waals surface area contributed by atoms with Gasteiger partial charge in [0.15, 0.2) is 11.5 Å². The van der Waals surface area contributed by atoms with Gasteiger partial charge in [-0.3, -0.25) is 4.79 Å². The van der Waals surface area contributed by atoms with Gasteiger partial charge >= 0.3 is 5.97 Å². The molecule has 0 spiro atoms. The predicted octanol–water partition coefficient (Wildman–Crippen LogP) is 2.51. The van der Waals surface area contributed by atoms with Crippen LogP contribution in [-0.4, -0.2) is 25.3 Å². The second-order valence-electron chi connectivity index (χ2n) is 4.19. The molecule has 7 heteroatoms. The van der Waals surface area contributed by atoms with Crippen LogP contribution in [0.5, 0.6) is 11.5 Å². The highest BCUT2D eigenvalue weighted by atomic mass is 19.3. The number of rotatable bonds is 7. The van der Waals surface area contributed by atoms with E-state index >= 15 is 0 Å². The van der Waals surface area contributed by atoms with E-state index in [0.29, 0.717) is 5.56 Å². The number of hydrogen-bond donors (Lipinski definition) is 2. The summed E-state index contributed by atoms with van der Waals surface area (Å²) >= 11 is 0. The maximum Gasteiger partial charge on any atom is 0.303 e. The van der Waals surface area contributed by atoms with Gasteiger partial charge in [-0.2, -0.15) is 0 Å². The monoisotopic (exact) mass is 289 g/mol.